The second-order valence-electron chi connectivity index (χ2n) is 8.59. The smallest absolute Gasteiger partial charge is 0.343 e. The summed E-state index contributed by atoms with van der Waals surface area (Å²) in [7, 11) is 0. The maximum atomic E-state index is 12.6. The Morgan fingerprint density at radius 1 is 0.606 bits per heavy atom. The Morgan fingerprint density at radius 2 is 1.12 bits per heavy atom. The van der Waals surface area contributed by atoms with Gasteiger partial charge in [0.05, 0.1) is 18.8 Å². The van der Waals surface area contributed by atoms with E-state index in [1.54, 1.807) is 18.2 Å². The summed E-state index contributed by atoms with van der Waals surface area (Å²) in [6.45, 7) is 5.79. The van der Waals surface area contributed by atoms with E-state index < -0.39 is 5.97 Å². The molecular formula is C29H42O4. The van der Waals surface area contributed by atoms with E-state index in [4.69, 9.17) is 14.2 Å². The topological polar surface area (TPSA) is 44.8 Å². The maximum Gasteiger partial charge on any atom is 0.343 e. The third-order valence-electron chi connectivity index (χ3n) is 5.66. The highest BCUT2D eigenvalue weighted by Gasteiger charge is 2.12. The molecule has 33 heavy (non-hydrogen) atoms. The molecule has 2 aromatic rings. The second-order valence-corrected chi connectivity index (χ2v) is 8.59. The fourth-order valence-corrected chi connectivity index (χ4v) is 3.64. The van der Waals surface area contributed by atoms with Gasteiger partial charge in [0.1, 0.15) is 5.75 Å². The van der Waals surface area contributed by atoms with Gasteiger partial charge in [0, 0.05) is 0 Å². The molecule has 4 heteroatoms. The van der Waals surface area contributed by atoms with Crippen molar-refractivity contribution in [2.75, 3.05) is 13.2 Å². The summed E-state index contributed by atoms with van der Waals surface area (Å²) in [6, 6.07) is 14.5. The Morgan fingerprint density at radius 3 is 1.73 bits per heavy atom. The first-order valence-electron chi connectivity index (χ1n) is 12.9. The molecule has 0 unspecified atom stereocenters. The summed E-state index contributed by atoms with van der Waals surface area (Å²) >= 11 is 0. The van der Waals surface area contributed by atoms with Crippen LogP contribution in [0.15, 0.2) is 48.5 Å². The van der Waals surface area contributed by atoms with Gasteiger partial charge in [-0.15, -0.1) is 0 Å². The lowest BCUT2D eigenvalue weighted by Gasteiger charge is -2.12. The molecule has 0 aliphatic heterocycles. The lowest BCUT2D eigenvalue weighted by atomic mass is 10.1. The number of carbonyl (C=O) groups is 1. The molecule has 0 heterocycles. The minimum Gasteiger partial charge on any atom is -0.494 e. The zero-order valence-corrected chi connectivity index (χ0v) is 20.7. The standard InChI is InChI=1S/C29H42O4/c1-3-5-7-9-11-15-23-31-26-21-19-25(20-22-26)29(30)33-28-18-14-13-17-27(28)32-24-16-12-10-8-6-4-2/h13-14,17-22H,3-12,15-16,23-24H2,1-2H3. The minimum atomic E-state index is -0.395. The fourth-order valence-electron chi connectivity index (χ4n) is 3.64. The van der Waals surface area contributed by atoms with Gasteiger partial charge in [-0.1, -0.05) is 90.2 Å². The molecule has 0 N–H and O–H groups in total. The molecule has 0 saturated heterocycles. The predicted molar refractivity (Wildman–Crippen MR) is 136 cm³/mol. The van der Waals surface area contributed by atoms with E-state index in [9.17, 15) is 4.79 Å². The molecule has 0 amide bonds. The van der Waals surface area contributed by atoms with Gasteiger partial charge in [0.15, 0.2) is 11.5 Å². The van der Waals surface area contributed by atoms with Crippen LogP contribution in [-0.4, -0.2) is 19.2 Å². The van der Waals surface area contributed by atoms with Gasteiger partial charge < -0.3 is 14.2 Å². The first-order chi connectivity index (χ1) is 16.2. The van der Waals surface area contributed by atoms with Gasteiger partial charge in [-0.3, -0.25) is 0 Å². The molecule has 0 radical (unpaired) electrons. The van der Waals surface area contributed by atoms with Crippen LogP contribution in [0.25, 0.3) is 0 Å². The van der Waals surface area contributed by atoms with Crippen LogP contribution in [0.3, 0.4) is 0 Å². The normalized spacial score (nSPS) is 10.7. The molecule has 0 aromatic heterocycles. The average Bonchev–Trinajstić information content (AvgIpc) is 2.84. The molecule has 2 rings (SSSR count). The molecule has 0 aliphatic carbocycles. The third-order valence-corrected chi connectivity index (χ3v) is 5.66. The van der Waals surface area contributed by atoms with Crippen LogP contribution in [0.1, 0.15) is 101 Å². The van der Waals surface area contributed by atoms with Gasteiger partial charge in [0.25, 0.3) is 0 Å². The molecule has 0 aliphatic rings. The van der Waals surface area contributed by atoms with Crippen molar-refractivity contribution in [3.63, 3.8) is 0 Å². The summed E-state index contributed by atoms with van der Waals surface area (Å²) in [4.78, 5) is 12.6. The average molecular weight is 455 g/mol. The Kier molecular flexibility index (Phi) is 13.8. The quantitative estimate of drug-likeness (QED) is 0.129. The molecule has 4 nitrogen and oxygen atoms in total. The van der Waals surface area contributed by atoms with Crippen molar-refractivity contribution in [2.45, 2.75) is 90.9 Å². The van der Waals surface area contributed by atoms with Crippen LogP contribution >= 0.6 is 0 Å². The van der Waals surface area contributed by atoms with Crippen LogP contribution in [-0.2, 0) is 0 Å². The highest BCUT2D eigenvalue weighted by atomic mass is 16.6. The van der Waals surface area contributed by atoms with E-state index >= 15 is 0 Å². The highest BCUT2D eigenvalue weighted by Crippen LogP contribution is 2.28. The number of benzene rings is 2. The van der Waals surface area contributed by atoms with Crippen LogP contribution < -0.4 is 14.2 Å². The molecule has 2 aromatic carbocycles. The van der Waals surface area contributed by atoms with Gasteiger partial charge >= 0.3 is 5.97 Å². The molecule has 0 fully saturated rings. The number of rotatable bonds is 18. The largest absolute Gasteiger partial charge is 0.494 e. The number of hydrogen-bond acceptors (Lipinski definition) is 4. The monoisotopic (exact) mass is 454 g/mol. The summed E-state index contributed by atoms with van der Waals surface area (Å²) in [6.07, 6.45) is 14.7. The predicted octanol–water partition coefficient (Wildman–Crippen LogP) is 8.38. The first-order valence-corrected chi connectivity index (χ1v) is 12.9. The summed E-state index contributed by atoms with van der Waals surface area (Å²) in [5.41, 5.74) is 0.493. The molecular weight excluding hydrogens is 412 g/mol. The van der Waals surface area contributed by atoms with E-state index in [1.165, 1.54) is 57.8 Å². The first kappa shape index (κ1) is 26.8. The van der Waals surface area contributed by atoms with Crippen molar-refractivity contribution in [1.29, 1.82) is 0 Å². The lowest BCUT2D eigenvalue weighted by molar-refractivity contribution is 0.0728. The van der Waals surface area contributed by atoms with E-state index in [0.29, 0.717) is 30.3 Å². The van der Waals surface area contributed by atoms with Crippen molar-refractivity contribution in [1.82, 2.24) is 0 Å². The third kappa shape index (κ3) is 11.3. The zero-order chi connectivity index (χ0) is 23.6. The van der Waals surface area contributed by atoms with Gasteiger partial charge in [-0.25, -0.2) is 4.79 Å². The molecule has 0 bridgehead atoms. The van der Waals surface area contributed by atoms with Crippen LogP contribution in [0.2, 0.25) is 0 Å². The molecule has 182 valence electrons. The van der Waals surface area contributed by atoms with Crippen molar-refractivity contribution >= 4 is 5.97 Å². The van der Waals surface area contributed by atoms with E-state index in [0.717, 1.165) is 25.0 Å². The van der Waals surface area contributed by atoms with Crippen molar-refractivity contribution in [3.8, 4) is 17.2 Å². The van der Waals surface area contributed by atoms with E-state index in [2.05, 4.69) is 13.8 Å². The van der Waals surface area contributed by atoms with Crippen molar-refractivity contribution in [2.24, 2.45) is 0 Å². The number of hydrogen-bond donors (Lipinski definition) is 0. The van der Waals surface area contributed by atoms with Crippen molar-refractivity contribution < 1.29 is 19.0 Å². The van der Waals surface area contributed by atoms with E-state index in [-0.39, 0.29) is 0 Å². The Labute approximate surface area is 200 Å². The van der Waals surface area contributed by atoms with E-state index in [1.807, 2.05) is 30.3 Å². The lowest BCUT2D eigenvalue weighted by Crippen LogP contribution is -2.10. The SMILES string of the molecule is CCCCCCCCOc1ccc(C(=O)Oc2ccccc2OCCCCCCCC)cc1. The number of carbonyl (C=O) groups excluding carboxylic acids is 1. The molecule has 0 atom stereocenters. The number of para-hydroxylation sites is 2. The summed E-state index contributed by atoms with van der Waals surface area (Å²) in [5, 5.41) is 0. The fraction of sp³-hybridized carbons (Fsp3) is 0.552. The highest BCUT2D eigenvalue weighted by molar-refractivity contribution is 5.91. The summed E-state index contributed by atoms with van der Waals surface area (Å²) < 4.78 is 17.3. The van der Waals surface area contributed by atoms with Crippen LogP contribution in [0, 0.1) is 0 Å². The molecule has 0 spiro atoms. The molecule has 0 saturated carbocycles. The zero-order valence-electron chi connectivity index (χ0n) is 20.7. The van der Waals surface area contributed by atoms with Gasteiger partial charge in [0.2, 0.25) is 0 Å². The number of unbranched alkanes of at least 4 members (excludes halogenated alkanes) is 10. The van der Waals surface area contributed by atoms with Crippen molar-refractivity contribution in [3.05, 3.63) is 54.1 Å². The minimum absolute atomic E-state index is 0.395. The second kappa shape index (κ2) is 17.0. The van der Waals surface area contributed by atoms with Gasteiger partial charge in [-0.2, -0.15) is 0 Å². The Balaban J connectivity index is 1.74. The Bertz CT molecular complexity index is 769. The van der Waals surface area contributed by atoms with Crippen LogP contribution in [0.5, 0.6) is 17.2 Å². The maximum absolute atomic E-state index is 12.6. The van der Waals surface area contributed by atoms with Crippen LogP contribution in [0.4, 0.5) is 0 Å². The number of ether oxygens (including phenoxy) is 3. The Hall–Kier alpha value is -2.49. The summed E-state index contributed by atoms with van der Waals surface area (Å²) in [5.74, 6) is 1.45. The number of esters is 1. The van der Waals surface area contributed by atoms with Gasteiger partial charge in [-0.05, 0) is 49.2 Å².